The molecule has 156 valence electrons. The molecule has 0 saturated carbocycles. The maximum Gasteiger partial charge on any atom is 0.259 e. The van der Waals surface area contributed by atoms with Crippen molar-refractivity contribution in [1.29, 1.82) is 0 Å². The zero-order chi connectivity index (χ0) is 21.0. The summed E-state index contributed by atoms with van der Waals surface area (Å²) in [6.07, 6.45) is 1.75. The van der Waals surface area contributed by atoms with E-state index in [2.05, 4.69) is 5.32 Å². The van der Waals surface area contributed by atoms with Gasteiger partial charge in [0.1, 0.15) is 0 Å². The molecule has 0 bridgehead atoms. The molecule has 1 aliphatic heterocycles. The van der Waals surface area contributed by atoms with E-state index in [9.17, 15) is 13.2 Å². The van der Waals surface area contributed by atoms with Gasteiger partial charge in [0.05, 0.1) is 31.8 Å². The third-order valence-corrected chi connectivity index (χ3v) is 6.68. The van der Waals surface area contributed by atoms with E-state index in [4.69, 9.17) is 14.2 Å². The van der Waals surface area contributed by atoms with E-state index in [0.29, 0.717) is 30.3 Å². The number of ether oxygens (including phenoxy) is 3. The molecule has 0 spiro atoms. The lowest BCUT2D eigenvalue weighted by atomic mass is 10.1. The number of carbonyl (C=O) groups is 1. The Morgan fingerprint density at radius 1 is 0.897 bits per heavy atom. The van der Waals surface area contributed by atoms with Gasteiger partial charge in [0.25, 0.3) is 5.91 Å². The monoisotopic (exact) mass is 420 g/mol. The fourth-order valence-electron chi connectivity index (χ4n) is 3.27. The molecule has 1 N–H and O–H groups in total. The number of carbonyl (C=O) groups excluding carboxylic acids is 1. The molecule has 2 aromatic rings. The number of hydrogen-bond donors (Lipinski definition) is 1. The van der Waals surface area contributed by atoms with E-state index >= 15 is 0 Å². The Bertz CT molecular complexity index is 983. The number of nitrogens with one attached hydrogen (secondary N) is 1. The number of amides is 1. The van der Waals surface area contributed by atoms with Crippen molar-refractivity contribution in [3.63, 3.8) is 0 Å². The number of sulfonamides is 1. The van der Waals surface area contributed by atoms with Crippen LogP contribution in [0.25, 0.3) is 0 Å². The lowest BCUT2D eigenvalue weighted by Crippen LogP contribution is -2.27. The van der Waals surface area contributed by atoms with Crippen LogP contribution < -0.4 is 19.5 Å². The summed E-state index contributed by atoms with van der Waals surface area (Å²) in [5.74, 6) is 0.586. The van der Waals surface area contributed by atoms with E-state index in [1.165, 1.54) is 37.8 Å². The van der Waals surface area contributed by atoms with Gasteiger partial charge >= 0.3 is 0 Å². The summed E-state index contributed by atoms with van der Waals surface area (Å²) in [4.78, 5) is 12.9. The first-order valence-electron chi connectivity index (χ1n) is 9.13. The lowest BCUT2D eigenvalue weighted by Gasteiger charge is -2.16. The average molecular weight is 420 g/mol. The second-order valence-corrected chi connectivity index (χ2v) is 8.41. The van der Waals surface area contributed by atoms with Crippen LogP contribution in [0, 0.1) is 0 Å². The number of benzene rings is 2. The predicted octanol–water partition coefficient (Wildman–Crippen LogP) is 2.75. The molecule has 29 heavy (non-hydrogen) atoms. The first-order chi connectivity index (χ1) is 13.9. The zero-order valence-corrected chi connectivity index (χ0v) is 17.4. The average Bonchev–Trinajstić information content (AvgIpc) is 3.28. The first-order valence-corrected chi connectivity index (χ1v) is 10.6. The molecular weight excluding hydrogens is 396 g/mol. The number of hydrogen-bond acceptors (Lipinski definition) is 6. The second-order valence-electron chi connectivity index (χ2n) is 6.47. The zero-order valence-electron chi connectivity index (χ0n) is 16.6. The minimum absolute atomic E-state index is 0.209. The highest BCUT2D eigenvalue weighted by atomic mass is 32.2. The van der Waals surface area contributed by atoms with Crippen LogP contribution in [-0.4, -0.2) is 53.0 Å². The van der Waals surface area contributed by atoms with Gasteiger partial charge in [-0.2, -0.15) is 4.31 Å². The number of nitrogens with zero attached hydrogens (tertiary/aromatic N) is 1. The van der Waals surface area contributed by atoms with E-state index in [0.717, 1.165) is 12.8 Å². The number of rotatable bonds is 7. The van der Waals surface area contributed by atoms with Crippen LogP contribution in [0.2, 0.25) is 0 Å². The molecule has 1 aliphatic rings. The van der Waals surface area contributed by atoms with Gasteiger partial charge in [0.15, 0.2) is 11.5 Å². The molecule has 1 heterocycles. The van der Waals surface area contributed by atoms with Crippen molar-refractivity contribution < 1.29 is 27.4 Å². The van der Waals surface area contributed by atoms with E-state index < -0.39 is 15.9 Å². The molecule has 1 amide bonds. The van der Waals surface area contributed by atoms with Gasteiger partial charge < -0.3 is 19.5 Å². The van der Waals surface area contributed by atoms with Gasteiger partial charge in [0.2, 0.25) is 15.8 Å². The molecule has 0 aromatic heterocycles. The van der Waals surface area contributed by atoms with Crippen LogP contribution in [0.15, 0.2) is 41.3 Å². The summed E-state index contributed by atoms with van der Waals surface area (Å²) in [7, 11) is 0.898. The Morgan fingerprint density at radius 2 is 1.52 bits per heavy atom. The van der Waals surface area contributed by atoms with Crippen molar-refractivity contribution >= 4 is 21.6 Å². The summed E-state index contributed by atoms with van der Waals surface area (Å²) < 4.78 is 42.5. The minimum Gasteiger partial charge on any atom is -0.493 e. The van der Waals surface area contributed by atoms with E-state index in [1.54, 1.807) is 24.3 Å². The van der Waals surface area contributed by atoms with E-state index in [-0.39, 0.29) is 16.2 Å². The van der Waals surface area contributed by atoms with Crippen LogP contribution in [0.3, 0.4) is 0 Å². The Hall–Kier alpha value is -2.78. The predicted molar refractivity (Wildman–Crippen MR) is 108 cm³/mol. The van der Waals surface area contributed by atoms with Gasteiger partial charge in [-0.1, -0.05) is 0 Å². The van der Waals surface area contributed by atoms with Gasteiger partial charge in [-0.25, -0.2) is 8.42 Å². The Kier molecular flexibility index (Phi) is 6.29. The Labute approximate surface area is 170 Å². The summed E-state index contributed by atoms with van der Waals surface area (Å²) in [6.45, 7) is 1.08. The molecule has 3 rings (SSSR count). The maximum atomic E-state index is 12.7. The van der Waals surface area contributed by atoms with Crippen LogP contribution >= 0.6 is 0 Å². The molecule has 0 radical (unpaired) electrons. The fourth-order valence-corrected chi connectivity index (χ4v) is 4.78. The van der Waals surface area contributed by atoms with Crippen molar-refractivity contribution in [2.45, 2.75) is 17.7 Å². The van der Waals surface area contributed by atoms with E-state index in [1.807, 2.05) is 0 Å². The van der Waals surface area contributed by atoms with Crippen molar-refractivity contribution in [3.05, 3.63) is 42.0 Å². The van der Waals surface area contributed by atoms with Gasteiger partial charge in [-0.15, -0.1) is 0 Å². The number of methoxy groups -OCH3 is 3. The summed E-state index contributed by atoms with van der Waals surface area (Å²) in [6, 6.07) is 9.30. The SMILES string of the molecule is COc1ccc(C(=O)Nc2ccc(S(=O)(=O)N3CCCC3)cc2)c(OC)c1OC. The summed E-state index contributed by atoms with van der Waals surface area (Å²) >= 11 is 0. The summed E-state index contributed by atoms with van der Waals surface area (Å²) in [5.41, 5.74) is 0.728. The molecule has 1 saturated heterocycles. The summed E-state index contributed by atoms with van der Waals surface area (Å²) in [5, 5.41) is 2.75. The first kappa shape index (κ1) is 20.9. The molecule has 0 aliphatic carbocycles. The standard InChI is InChI=1S/C20H24N2O6S/c1-26-17-11-10-16(18(27-2)19(17)28-3)20(23)21-14-6-8-15(9-7-14)29(24,25)22-12-4-5-13-22/h6-11H,4-5,12-13H2,1-3H3,(H,21,23). The molecular formula is C20H24N2O6S. The quantitative estimate of drug-likeness (QED) is 0.740. The molecule has 8 nitrogen and oxygen atoms in total. The van der Waals surface area contributed by atoms with Crippen LogP contribution in [0.5, 0.6) is 17.2 Å². The second kappa shape index (κ2) is 8.71. The molecule has 1 fully saturated rings. The third kappa shape index (κ3) is 4.15. The molecule has 2 aromatic carbocycles. The van der Waals surface area contributed by atoms with Crippen molar-refractivity contribution in [2.75, 3.05) is 39.7 Å². The van der Waals surface area contributed by atoms with Gasteiger partial charge in [-0.05, 0) is 49.2 Å². The van der Waals surface area contributed by atoms with Crippen molar-refractivity contribution in [2.24, 2.45) is 0 Å². The normalized spacial score (nSPS) is 14.4. The number of anilines is 1. The highest BCUT2D eigenvalue weighted by molar-refractivity contribution is 7.89. The lowest BCUT2D eigenvalue weighted by molar-refractivity contribution is 0.102. The van der Waals surface area contributed by atoms with Crippen molar-refractivity contribution in [1.82, 2.24) is 4.31 Å². The molecule has 0 atom stereocenters. The van der Waals surface area contributed by atoms with Crippen molar-refractivity contribution in [3.8, 4) is 17.2 Å². The minimum atomic E-state index is -3.49. The van der Waals surface area contributed by atoms with Crippen LogP contribution in [0.4, 0.5) is 5.69 Å². The van der Waals surface area contributed by atoms with Gasteiger partial charge in [-0.3, -0.25) is 4.79 Å². The Morgan fingerprint density at radius 3 is 2.07 bits per heavy atom. The molecule has 0 unspecified atom stereocenters. The third-order valence-electron chi connectivity index (χ3n) is 4.76. The van der Waals surface area contributed by atoms with Crippen LogP contribution in [0.1, 0.15) is 23.2 Å². The smallest absolute Gasteiger partial charge is 0.259 e. The largest absolute Gasteiger partial charge is 0.493 e. The maximum absolute atomic E-state index is 12.7. The van der Waals surface area contributed by atoms with Crippen LogP contribution in [-0.2, 0) is 10.0 Å². The topological polar surface area (TPSA) is 94.2 Å². The fraction of sp³-hybridized carbons (Fsp3) is 0.350. The Balaban J connectivity index is 1.81. The van der Waals surface area contributed by atoms with Gasteiger partial charge in [0, 0.05) is 18.8 Å². The highest BCUT2D eigenvalue weighted by Gasteiger charge is 2.27. The highest BCUT2D eigenvalue weighted by Crippen LogP contribution is 2.40. The molecule has 9 heteroatoms.